The smallest absolute Gasteiger partial charge is 0.167 e. The summed E-state index contributed by atoms with van der Waals surface area (Å²) in [5.74, 6) is -3.94. The van der Waals surface area contributed by atoms with Gasteiger partial charge in [-0.15, -0.1) is 0 Å². The second kappa shape index (κ2) is 6.73. The minimum atomic E-state index is -3.94. The molecule has 0 amide bonds. The Labute approximate surface area is 91.8 Å². The van der Waals surface area contributed by atoms with Crippen molar-refractivity contribution in [2.24, 2.45) is 0 Å². The third kappa shape index (κ3) is 7.16. The van der Waals surface area contributed by atoms with Crippen LogP contribution in [0, 0.1) is 0 Å². The molecule has 0 aromatic rings. The number of rotatable bonds is 1. The highest BCUT2D eigenvalue weighted by Crippen LogP contribution is 2.44. The molecule has 1 fully saturated rings. The Morgan fingerprint density at radius 3 is 1.53 bits per heavy atom. The maximum Gasteiger partial charge on any atom is 0.402 e. The van der Waals surface area contributed by atoms with Crippen molar-refractivity contribution in [2.75, 3.05) is 0 Å². The quantitative estimate of drug-likeness (QED) is 0.561. The molecule has 0 nitrogen and oxygen atoms in total. The molecule has 0 spiro atoms. The van der Waals surface area contributed by atoms with E-state index in [2.05, 4.69) is 0 Å². The summed E-state index contributed by atoms with van der Waals surface area (Å²) in [6, 6.07) is 0. The molecule has 1 atom stereocenters. The lowest BCUT2D eigenvalue weighted by atomic mass is 10.0. The Hall–Kier alpha value is 0.220. The molecule has 0 aliphatic heterocycles. The van der Waals surface area contributed by atoms with Gasteiger partial charge in [-0.25, -0.2) is 0 Å². The van der Waals surface area contributed by atoms with Gasteiger partial charge in [-0.3, -0.25) is 0 Å². The third-order valence-corrected chi connectivity index (χ3v) is 4.29. The fourth-order valence-electron chi connectivity index (χ4n) is 2.19. The van der Waals surface area contributed by atoms with Gasteiger partial charge in [0.1, 0.15) is 0 Å². The highest BCUT2D eigenvalue weighted by Gasteiger charge is 2.31. The average molecular weight is 240 g/mol. The van der Waals surface area contributed by atoms with Gasteiger partial charge in [-0.2, -0.15) is 13.2 Å². The lowest BCUT2D eigenvalue weighted by Gasteiger charge is -2.19. The average Bonchev–Trinajstić information content (AvgIpc) is 2.13. The van der Waals surface area contributed by atoms with Crippen molar-refractivity contribution >= 4 is 8.58 Å². The van der Waals surface area contributed by atoms with Crippen LogP contribution in [0.5, 0.6) is 0 Å². The molecular weight excluding hydrogens is 220 g/mol. The van der Waals surface area contributed by atoms with Crippen LogP contribution in [0.2, 0.25) is 0 Å². The van der Waals surface area contributed by atoms with Gasteiger partial charge in [0.15, 0.2) is 0 Å². The van der Waals surface area contributed by atoms with Gasteiger partial charge in [-0.1, -0.05) is 44.9 Å². The van der Waals surface area contributed by atoms with Crippen LogP contribution in [0.3, 0.4) is 0 Å². The zero-order valence-electron chi connectivity index (χ0n) is 9.08. The molecule has 0 radical (unpaired) electrons. The monoisotopic (exact) mass is 240 g/mol. The first-order valence-corrected chi connectivity index (χ1v) is 7.00. The van der Waals surface area contributed by atoms with Crippen molar-refractivity contribution in [3.05, 3.63) is 0 Å². The molecule has 0 heterocycles. The fourth-order valence-corrected chi connectivity index (χ4v) is 3.35. The normalized spacial score (nSPS) is 23.4. The van der Waals surface area contributed by atoms with E-state index in [4.69, 9.17) is 0 Å². The van der Waals surface area contributed by atoms with Crippen molar-refractivity contribution in [1.82, 2.24) is 0 Å². The molecular formula is C11H20F3P. The predicted octanol–water partition coefficient (Wildman–Crippen LogP) is 5.08. The molecule has 4 heteroatoms. The van der Waals surface area contributed by atoms with Crippen LogP contribution in [0.25, 0.3) is 0 Å². The SMILES string of the molecule is FC(F)(F)PC1CCCCCCCCC1. The van der Waals surface area contributed by atoms with Crippen molar-refractivity contribution in [2.45, 2.75) is 69.4 Å². The Morgan fingerprint density at radius 1 is 0.733 bits per heavy atom. The second-order valence-corrected chi connectivity index (χ2v) is 6.06. The summed E-state index contributed by atoms with van der Waals surface area (Å²) in [6.45, 7) is 0. The topological polar surface area (TPSA) is 0 Å². The van der Waals surface area contributed by atoms with Crippen LogP contribution in [-0.2, 0) is 0 Å². The first kappa shape index (κ1) is 13.3. The summed E-state index contributed by atoms with van der Waals surface area (Å²) in [5, 5.41) is 0. The summed E-state index contributed by atoms with van der Waals surface area (Å²) < 4.78 is 36.8. The molecule has 90 valence electrons. The Morgan fingerprint density at radius 2 is 1.13 bits per heavy atom. The summed E-state index contributed by atoms with van der Waals surface area (Å²) >= 11 is 0. The fraction of sp³-hybridized carbons (Fsp3) is 1.00. The molecule has 1 saturated carbocycles. The molecule has 0 aromatic carbocycles. The van der Waals surface area contributed by atoms with Crippen LogP contribution in [-0.4, -0.2) is 11.6 Å². The molecule has 0 aromatic heterocycles. The van der Waals surface area contributed by atoms with E-state index < -0.39 is 14.5 Å². The molecule has 1 aliphatic rings. The summed E-state index contributed by atoms with van der Waals surface area (Å²) in [7, 11) is -0.822. The van der Waals surface area contributed by atoms with Crippen LogP contribution >= 0.6 is 8.58 Å². The largest absolute Gasteiger partial charge is 0.402 e. The Balaban J connectivity index is 2.31. The Bertz CT molecular complexity index is 158. The van der Waals surface area contributed by atoms with Crippen LogP contribution < -0.4 is 0 Å². The van der Waals surface area contributed by atoms with Crippen molar-refractivity contribution in [3.8, 4) is 0 Å². The van der Waals surface area contributed by atoms with Gasteiger partial charge in [0.25, 0.3) is 0 Å². The predicted molar refractivity (Wildman–Crippen MR) is 59.7 cm³/mol. The first-order valence-electron chi connectivity index (χ1n) is 5.92. The molecule has 1 rings (SSSR count). The number of hydrogen-bond acceptors (Lipinski definition) is 0. The van der Waals surface area contributed by atoms with Crippen molar-refractivity contribution in [3.63, 3.8) is 0 Å². The third-order valence-electron chi connectivity index (χ3n) is 2.97. The molecule has 0 saturated heterocycles. The lowest BCUT2D eigenvalue weighted by molar-refractivity contribution is -0.0379. The standard InChI is InChI=1S/C11H20F3P/c12-11(13,14)15-10-8-6-4-2-1-3-5-7-9-10/h10,15H,1-9H2. The number of halogens is 3. The van der Waals surface area contributed by atoms with Crippen LogP contribution in [0.4, 0.5) is 13.2 Å². The van der Waals surface area contributed by atoms with Gasteiger partial charge in [0.2, 0.25) is 0 Å². The zero-order chi connectivity index (χ0) is 11.1. The maximum absolute atomic E-state index is 12.3. The van der Waals surface area contributed by atoms with E-state index in [1.165, 1.54) is 19.3 Å². The summed E-state index contributed by atoms with van der Waals surface area (Å²) in [5.41, 5.74) is -0.0805. The molecule has 0 bridgehead atoms. The van der Waals surface area contributed by atoms with E-state index in [-0.39, 0.29) is 5.66 Å². The molecule has 0 N–H and O–H groups in total. The Kier molecular flexibility index (Phi) is 5.96. The van der Waals surface area contributed by atoms with E-state index in [0.29, 0.717) is 0 Å². The van der Waals surface area contributed by atoms with Gasteiger partial charge in [-0.05, 0) is 27.1 Å². The van der Waals surface area contributed by atoms with Crippen LogP contribution in [0.1, 0.15) is 57.8 Å². The minimum absolute atomic E-state index is 0.0805. The first-order chi connectivity index (χ1) is 7.08. The van der Waals surface area contributed by atoms with Gasteiger partial charge in [0.05, 0.1) is 0 Å². The lowest BCUT2D eigenvalue weighted by Crippen LogP contribution is -2.10. The van der Waals surface area contributed by atoms with Gasteiger partial charge < -0.3 is 0 Å². The van der Waals surface area contributed by atoms with Crippen LogP contribution in [0.15, 0.2) is 0 Å². The minimum Gasteiger partial charge on any atom is -0.167 e. The van der Waals surface area contributed by atoms with Gasteiger partial charge in [0, 0.05) is 0 Å². The number of hydrogen-bond donors (Lipinski definition) is 0. The summed E-state index contributed by atoms with van der Waals surface area (Å²) in [4.78, 5) is 0. The van der Waals surface area contributed by atoms with E-state index in [1.54, 1.807) is 0 Å². The van der Waals surface area contributed by atoms with Crippen molar-refractivity contribution < 1.29 is 13.2 Å². The van der Waals surface area contributed by atoms with E-state index in [9.17, 15) is 13.2 Å². The van der Waals surface area contributed by atoms with Crippen molar-refractivity contribution in [1.29, 1.82) is 0 Å². The highest BCUT2D eigenvalue weighted by atomic mass is 31.1. The maximum atomic E-state index is 12.3. The molecule has 1 aliphatic carbocycles. The van der Waals surface area contributed by atoms with E-state index in [0.717, 1.165) is 38.5 Å². The number of alkyl halides is 3. The van der Waals surface area contributed by atoms with Gasteiger partial charge >= 0.3 is 5.92 Å². The molecule has 1 unspecified atom stereocenters. The molecule has 15 heavy (non-hydrogen) atoms. The zero-order valence-corrected chi connectivity index (χ0v) is 10.1. The van der Waals surface area contributed by atoms with E-state index in [1.807, 2.05) is 0 Å². The summed E-state index contributed by atoms with van der Waals surface area (Å²) in [6.07, 6.45) is 9.50. The second-order valence-electron chi connectivity index (χ2n) is 4.39. The van der Waals surface area contributed by atoms with E-state index >= 15 is 0 Å². The highest BCUT2D eigenvalue weighted by molar-refractivity contribution is 7.40.